The van der Waals surface area contributed by atoms with Gasteiger partial charge in [0.05, 0.1) is 0 Å². The fourth-order valence-corrected chi connectivity index (χ4v) is 2.38. The second kappa shape index (κ2) is 5.83. The number of allylic oxidation sites excluding steroid dienone is 1. The van der Waals surface area contributed by atoms with E-state index >= 15 is 0 Å². The molecule has 1 aliphatic carbocycles. The normalized spacial score (nSPS) is 21.5. The van der Waals surface area contributed by atoms with Crippen LogP contribution >= 0.6 is 0 Å². The number of nitrogens with one attached hydrogen (secondary N) is 1. The predicted octanol–water partition coefficient (Wildman–Crippen LogP) is 3.42. The van der Waals surface area contributed by atoms with Gasteiger partial charge >= 0.3 is 0 Å². The Bertz CT molecular complexity index is 514. The average molecular weight is 257 g/mol. The van der Waals surface area contributed by atoms with Crippen molar-refractivity contribution in [1.29, 1.82) is 0 Å². The Kier molecular flexibility index (Phi) is 4.15. The molecule has 1 N–H and O–H groups in total. The zero-order valence-electron chi connectivity index (χ0n) is 11.4. The minimum Gasteiger partial charge on any atom is -0.326 e. The lowest BCUT2D eigenvalue weighted by atomic mass is 9.84. The van der Waals surface area contributed by atoms with Crippen LogP contribution in [0.25, 0.3) is 6.08 Å². The first-order valence-corrected chi connectivity index (χ1v) is 6.68. The van der Waals surface area contributed by atoms with E-state index in [4.69, 9.17) is 0 Å². The van der Waals surface area contributed by atoms with Gasteiger partial charge < -0.3 is 5.32 Å². The van der Waals surface area contributed by atoms with E-state index in [9.17, 15) is 9.59 Å². The molecule has 0 unspecified atom stereocenters. The van der Waals surface area contributed by atoms with Crippen molar-refractivity contribution in [3.8, 4) is 0 Å². The van der Waals surface area contributed by atoms with Gasteiger partial charge in [0.15, 0.2) is 5.78 Å². The van der Waals surface area contributed by atoms with Crippen LogP contribution in [0.4, 0.5) is 5.69 Å². The van der Waals surface area contributed by atoms with Crippen LogP contribution in [-0.2, 0) is 9.59 Å². The van der Waals surface area contributed by atoms with Crippen molar-refractivity contribution >= 4 is 23.5 Å². The fraction of sp³-hybridized carbons (Fsp3) is 0.375. The van der Waals surface area contributed by atoms with Crippen molar-refractivity contribution in [2.75, 3.05) is 5.32 Å². The number of hydrogen-bond donors (Lipinski definition) is 1. The van der Waals surface area contributed by atoms with E-state index in [1.54, 1.807) is 0 Å². The van der Waals surface area contributed by atoms with Crippen molar-refractivity contribution < 1.29 is 9.59 Å². The molecule has 3 nitrogen and oxygen atoms in total. The van der Waals surface area contributed by atoms with E-state index in [0.29, 0.717) is 0 Å². The first-order valence-electron chi connectivity index (χ1n) is 6.68. The third-order valence-corrected chi connectivity index (χ3v) is 3.42. The van der Waals surface area contributed by atoms with E-state index in [2.05, 4.69) is 5.32 Å². The first-order chi connectivity index (χ1) is 9.06. The summed E-state index contributed by atoms with van der Waals surface area (Å²) in [4.78, 5) is 22.9. The molecule has 1 amide bonds. The summed E-state index contributed by atoms with van der Waals surface area (Å²) in [5, 5.41) is 2.72. The van der Waals surface area contributed by atoms with Crippen LogP contribution in [0.1, 0.15) is 38.7 Å². The van der Waals surface area contributed by atoms with Crippen LogP contribution in [0, 0.1) is 5.92 Å². The van der Waals surface area contributed by atoms with Crippen molar-refractivity contribution in [3.05, 3.63) is 35.4 Å². The Hall–Kier alpha value is -1.90. The molecule has 0 aliphatic heterocycles. The predicted molar refractivity (Wildman–Crippen MR) is 76.7 cm³/mol. The van der Waals surface area contributed by atoms with Crippen molar-refractivity contribution in [2.24, 2.45) is 5.92 Å². The van der Waals surface area contributed by atoms with Gasteiger partial charge in [-0.1, -0.05) is 19.1 Å². The van der Waals surface area contributed by atoms with E-state index in [0.717, 1.165) is 36.1 Å². The molecule has 0 spiro atoms. The van der Waals surface area contributed by atoms with Gasteiger partial charge in [-0.2, -0.15) is 0 Å². The lowest BCUT2D eigenvalue weighted by Gasteiger charge is -2.19. The SMILES string of the molecule is CC(=O)Nc1ccc(/C=C2\CCC[C@H](C)C2=O)cc1. The van der Waals surface area contributed by atoms with Gasteiger partial charge in [-0.05, 0) is 48.6 Å². The Morgan fingerprint density at radius 1 is 1.32 bits per heavy atom. The molecule has 1 atom stereocenters. The van der Waals surface area contributed by atoms with Crippen LogP contribution < -0.4 is 5.32 Å². The monoisotopic (exact) mass is 257 g/mol. The second-order valence-electron chi connectivity index (χ2n) is 5.13. The number of benzene rings is 1. The van der Waals surface area contributed by atoms with Gasteiger partial charge in [-0.15, -0.1) is 0 Å². The van der Waals surface area contributed by atoms with E-state index < -0.39 is 0 Å². The number of anilines is 1. The molecule has 1 aliphatic rings. The van der Waals surface area contributed by atoms with Crippen LogP contribution in [0.15, 0.2) is 29.8 Å². The van der Waals surface area contributed by atoms with Crippen LogP contribution in [0.3, 0.4) is 0 Å². The zero-order valence-corrected chi connectivity index (χ0v) is 11.4. The molecule has 0 radical (unpaired) electrons. The third-order valence-electron chi connectivity index (χ3n) is 3.42. The summed E-state index contributed by atoms with van der Waals surface area (Å²) >= 11 is 0. The Labute approximate surface area is 113 Å². The highest BCUT2D eigenvalue weighted by atomic mass is 16.1. The molecule has 1 saturated carbocycles. The molecule has 2 rings (SSSR count). The fourth-order valence-electron chi connectivity index (χ4n) is 2.38. The molecule has 1 aromatic rings. The maximum absolute atomic E-state index is 12.0. The summed E-state index contributed by atoms with van der Waals surface area (Å²) in [5.74, 6) is 0.346. The van der Waals surface area contributed by atoms with Gasteiger partial charge in [-0.3, -0.25) is 9.59 Å². The first kappa shape index (κ1) is 13.5. The number of Topliss-reactive ketones (excluding diaryl/α,β-unsaturated/α-hetero) is 1. The molecule has 100 valence electrons. The van der Waals surface area contributed by atoms with Gasteiger partial charge in [-0.25, -0.2) is 0 Å². The number of rotatable bonds is 2. The zero-order chi connectivity index (χ0) is 13.8. The van der Waals surface area contributed by atoms with E-state index in [-0.39, 0.29) is 17.6 Å². The van der Waals surface area contributed by atoms with Gasteiger partial charge in [0.1, 0.15) is 0 Å². The van der Waals surface area contributed by atoms with Crippen molar-refractivity contribution in [2.45, 2.75) is 33.1 Å². The molecule has 0 bridgehead atoms. The lowest BCUT2D eigenvalue weighted by molar-refractivity contribution is -0.119. The number of amides is 1. The highest BCUT2D eigenvalue weighted by Gasteiger charge is 2.22. The Morgan fingerprint density at radius 3 is 2.63 bits per heavy atom. The number of ketones is 1. The quantitative estimate of drug-likeness (QED) is 0.825. The second-order valence-corrected chi connectivity index (χ2v) is 5.13. The Morgan fingerprint density at radius 2 is 2.00 bits per heavy atom. The Balaban J connectivity index is 2.14. The number of carbonyl (C=O) groups excluding carboxylic acids is 2. The van der Waals surface area contributed by atoms with Gasteiger partial charge in [0.2, 0.25) is 5.91 Å². The summed E-state index contributed by atoms with van der Waals surface area (Å²) in [7, 11) is 0. The third kappa shape index (κ3) is 3.53. The summed E-state index contributed by atoms with van der Waals surface area (Å²) in [6.07, 6.45) is 4.92. The maximum atomic E-state index is 12.0. The largest absolute Gasteiger partial charge is 0.326 e. The van der Waals surface area contributed by atoms with E-state index in [1.807, 2.05) is 37.3 Å². The number of hydrogen-bond acceptors (Lipinski definition) is 2. The summed E-state index contributed by atoms with van der Waals surface area (Å²) in [6, 6.07) is 7.55. The average Bonchev–Trinajstić information content (AvgIpc) is 2.37. The molecule has 19 heavy (non-hydrogen) atoms. The number of carbonyl (C=O) groups is 2. The molecule has 0 saturated heterocycles. The summed E-state index contributed by atoms with van der Waals surface area (Å²) < 4.78 is 0. The minimum absolute atomic E-state index is 0.0811. The molecular weight excluding hydrogens is 238 g/mol. The topological polar surface area (TPSA) is 46.2 Å². The highest BCUT2D eigenvalue weighted by Crippen LogP contribution is 2.26. The molecule has 3 heteroatoms. The maximum Gasteiger partial charge on any atom is 0.221 e. The smallest absolute Gasteiger partial charge is 0.221 e. The molecular formula is C16H19NO2. The lowest BCUT2D eigenvalue weighted by Crippen LogP contribution is -2.18. The molecule has 0 heterocycles. The van der Waals surface area contributed by atoms with Gasteiger partial charge in [0, 0.05) is 18.5 Å². The van der Waals surface area contributed by atoms with E-state index in [1.165, 1.54) is 6.92 Å². The van der Waals surface area contributed by atoms with Gasteiger partial charge in [0.25, 0.3) is 0 Å². The molecule has 1 fully saturated rings. The van der Waals surface area contributed by atoms with Crippen LogP contribution in [0.5, 0.6) is 0 Å². The summed E-state index contributed by atoms with van der Waals surface area (Å²) in [6.45, 7) is 3.48. The highest BCUT2D eigenvalue weighted by molar-refractivity contribution is 6.01. The van der Waals surface area contributed by atoms with Crippen molar-refractivity contribution in [1.82, 2.24) is 0 Å². The van der Waals surface area contributed by atoms with Crippen molar-refractivity contribution in [3.63, 3.8) is 0 Å². The summed E-state index contributed by atoms with van der Waals surface area (Å²) in [5.41, 5.74) is 2.70. The molecule has 0 aromatic heterocycles. The molecule has 1 aromatic carbocycles. The minimum atomic E-state index is -0.0811. The van der Waals surface area contributed by atoms with Crippen LogP contribution in [-0.4, -0.2) is 11.7 Å². The van der Waals surface area contributed by atoms with Crippen LogP contribution in [0.2, 0.25) is 0 Å². The standard InChI is InChI=1S/C16H19NO2/c1-11-4-3-5-14(16(11)19)10-13-6-8-15(9-7-13)17-12(2)18/h6-11H,3-5H2,1-2H3,(H,17,18)/b14-10+/t11-/m0/s1.